The van der Waals surface area contributed by atoms with Gasteiger partial charge in [0.15, 0.2) is 0 Å². The van der Waals surface area contributed by atoms with Crippen LogP contribution in [-0.4, -0.2) is 23.6 Å². The molecule has 2 heterocycles. The number of carbonyl (C=O) groups is 2. The van der Waals surface area contributed by atoms with Crippen molar-refractivity contribution in [2.45, 2.75) is 6.54 Å². The molecule has 5 nitrogen and oxygen atoms in total. The number of rotatable bonds is 5. The zero-order valence-electron chi connectivity index (χ0n) is 15.2. The fraction of sp³-hybridized carbons (Fsp3) is 0.0909. The third kappa shape index (κ3) is 3.42. The largest absolute Gasteiger partial charge is 0.465 e. The first-order chi connectivity index (χ1) is 13.7. The van der Waals surface area contributed by atoms with Crippen LogP contribution in [0, 0.1) is 0 Å². The average molecular weight is 390 g/mol. The molecule has 0 saturated carbocycles. The van der Waals surface area contributed by atoms with Gasteiger partial charge >= 0.3 is 5.97 Å². The SMILES string of the molecule is COC(=O)c1ccccc1NC(=O)c1cc2sccc2n1Cc1ccccc1. The average Bonchev–Trinajstić information content (AvgIpc) is 3.31. The summed E-state index contributed by atoms with van der Waals surface area (Å²) in [6.07, 6.45) is 0. The van der Waals surface area contributed by atoms with Gasteiger partial charge < -0.3 is 14.6 Å². The normalized spacial score (nSPS) is 10.8. The fourth-order valence-electron chi connectivity index (χ4n) is 3.17. The zero-order chi connectivity index (χ0) is 19.5. The molecule has 0 aliphatic heterocycles. The van der Waals surface area contributed by atoms with Crippen LogP contribution < -0.4 is 5.32 Å². The van der Waals surface area contributed by atoms with E-state index in [2.05, 4.69) is 5.32 Å². The molecule has 2 aromatic heterocycles. The number of ether oxygens (including phenoxy) is 1. The van der Waals surface area contributed by atoms with E-state index in [-0.39, 0.29) is 5.91 Å². The molecule has 0 aliphatic rings. The summed E-state index contributed by atoms with van der Waals surface area (Å²) in [4.78, 5) is 25.1. The quantitative estimate of drug-likeness (QED) is 0.499. The van der Waals surface area contributed by atoms with Crippen LogP contribution in [0.25, 0.3) is 10.2 Å². The van der Waals surface area contributed by atoms with Crippen molar-refractivity contribution in [1.82, 2.24) is 4.57 Å². The Hall–Kier alpha value is -3.38. The zero-order valence-corrected chi connectivity index (χ0v) is 16.0. The van der Waals surface area contributed by atoms with Crippen LogP contribution in [-0.2, 0) is 11.3 Å². The summed E-state index contributed by atoms with van der Waals surface area (Å²) in [5.74, 6) is -0.757. The second kappa shape index (κ2) is 7.70. The summed E-state index contributed by atoms with van der Waals surface area (Å²) in [6.45, 7) is 0.586. The van der Waals surface area contributed by atoms with Gasteiger partial charge in [0.25, 0.3) is 5.91 Å². The molecular weight excluding hydrogens is 372 g/mol. The highest BCUT2D eigenvalue weighted by Gasteiger charge is 2.19. The van der Waals surface area contributed by atoms with Crippen LogP contribution in [0.4, 0.5) is 5.69 Å². The Kier molecular flexibility index (Phi) is 4.95. The Balaban J connectivity index is 1.70. The maximum Gasteiger partial charge on any atom is 0.339 e. The van der Waals surface area contributed by atoms with E-state index in [4.69, 9.17) is 4.74 Å². The molecule has 0 aliphatic carbocycles. The number of methoxy groups -OCH3 is 1. The lowest BCUT2D eigenvalue weighted by molar-refractivity contribution is 0.0602. The van der Waals surface area contributed by atoms with Crippen LogP contribution in [0.15, 0.2) is 72.1 Å². The van der Waals surface area contributed by atoms with Gasteiger partial charge in [-0.25, -0.2) is 4.79 Å². The Morgan fingerprint density at radius 1 is 1.04 bits per heavy atom. The van der Waals surface area contributed by atoms with Gasteiger partial charge in [0.2, 0.25) is 0 Å². The molecule has 4 aromatic rings. The van der Waals surface area contributed by atoms with E-state index >= 15 is 0 Å². The number of para-hydroxylation sites is 1. The van der Waals surface area contributed by atoms with Crippen molar-refractivity contribution in [2.75, 3.05) is 12.4 Å². The van der Waals surface area contributed by atoms with Gasteiger partial charge in [0.1, 0.15) is 5.69 Å². The molecule has 2 aromatic carbocycles. The third-order valence-electron chi connectivity index (χ3n) is 4.52. The van der Waals surface area contributed by atoms with Crippen LogP contribution in [0.5, 0.6) is 0 Å². The predicted octanol–water partition coefficient (Wildman–Crippen LogP) is 4.79. The van der Waals surface area contributed by atoms with Crippen LogP contribution in [0.2, 0.25) is 0 Å². The number of esters is 1. The number of hydrogen-bond donors (Lipinski definition) is 1. The number of nitrogens with one attached hydrogen (secondary N) is 1. The Labute approximate surface area is 166 Å². The summed E-state index contributed by atoms with van der Waals surface area (Å²) in [7, 11) is 1.32. The summed E-state index contributed by atoms with van der Waals surface area (Å²) < 4.78 is 7.85. The van der Waals surface area contributed by atoms with Crippen molar-refractivity contribution >= 4 is 39.1 Å². The lowest BCUT2D eigenvalue weighted by Gasteiger charge is -2.13. The molecule has 140 valence electrons. The molecule has 1 amide bonds. The highest BCUT2D eigenvalue weighted by molar-refractivity contribution is 7.17. The molecule has 0 bridgehead atoms. The monoisotopic (exact) mass is 390 g/mol. The number of nitrogens with zero attached hydrogens (tertiary/aromatic N) is 1. The van der Waals surface area contributed by atoms with Gasteiger partial charge in [0.05, 0.1) is 28.6 Å². The summed E-state index contributed by atoms with van der Waals surface area (Å²) in [5.41, 5.74) is 3.41. The lowest BCUT2D eigenvalue weighted by Crippen LogP contribution is -2.19. The smallest absolute Gasteiger partial charge is 0.339 e. The van der Waals surface area contributed by atoms with Gasteiger partial charge in [0, 0.05) is 6.54 Å². The number of amides is 1. The second-order valence-corrected chi connectivity index (χ2v) is 7.21. The molecule has 4 rings (SSSR count). The lowest BCUT2D eigenvalue weighted by atomic mass is 10.1. The van der Waals surface area contributed by atoms with Crippen molar-refractivity contribution in [3.8, 4) is 0 Å². The maximum atomic E-state index is 13.1. The summed E-state index contributed by atoms with van der Waals surface area (Å²) in [6, 6.07) is 20.7. The van der Waals surface area contributed by atoms with Crippen molar-refractivity contribution < 1.29 is 14.3 Å². The van der Waals surface area contributed by atoms with E-state index in [0.29, 0.717) is 23.5 Å². The van der Waals surface area contributed by atoms with E-state index in [9.17, 15) is 9.59 Å². The summed E-state index contributed by atoms with van der Waals surface area (Å²) >= 11 is 1.59. The second-order valence-electron chi connectivity index (χ2n) is 6.26. The minimum absolute atomic E-state index is 0.268. The molecule has 0 unspecified atom stereocenters. The molecule has 28 heavy (non-hydrogen) atoms. The Morgan fingerprint density at radius 3 is 2.57 bits per heavy atom. The molecule has 6 heteroatoms. The molecule has 0 spiro atoms. The van der Waals surface area contributed by atoms with Gasteiger partial charge in [-0.1, -0.05) is 42.5 Å². The van der Waals surface area contributed by atoms with Gasteiger partial charge in [-0.05, 0) is 35.2 Å². The van der Waals surface area contributed by atoms with E-state index in [0.717, 1.165) is 15.8 Å². The highest BCUT2D eigenvalue weighted by atomic mass is 32.1. The summed E-state index contributed by atoms with van der Waals surface area (Å²) in [5, 5.41) is 4.88. The van der Waals surface area contributed by atoms with Crippen molar-refractivity contribution in [3.63, 3.8) is 0 Å². The van der Waals surface area contributed by atoms with E-state index in [1.807, 2.05) is 52.4 Å². The number of hydrogen-bond acceptors (Lipinski definition) is 4. The van der Waals surface area contributed by atoms with Crippen LogP contribution in [0.1, 0.15) is 26.4 Å². The van der Waals surface area contributed by atoms with Gasteiger partial charge in [-0.3, -0.25) is 4.79 Å². The molecule has 0 radical (unpaired) electrons. The number of carbonyl (C=O) groups excluding carboxylic acids is 2. The fourth-order valence-corrected chi connectivity index (χ4v) is 3.99. The first-order valence-electron chi connectivity index (χ1n) is 8.76. The van der Waals surface area contributed by atoms with E-state index < -0.39 is 5.97 Å². The van der Waals surface area contributed by atoms with Crippen molar-refractivity contribution in [3.05, 3.63) is 88.9 Å². The van der Waals surface area contributed by atoms with Crippen molar-refractivity contribution in [2.24, 2.45) is 0 Å². The van der Waals surface area contributed by atoms with E-state index in [1.54, 1.807) is 35.6 Å². The number of thiophene rings is 1. The first-order valence-corrected chi connectivity index (χ1v) is 9.64. The third-order valence-corrected chi connectivity index (χ3v) is 5.37. The molecule has 1 N–H and O–H groups in total. The number of fused-ring (bicyclic) bond motifs is 1. The number of benzene rings is 2. The maximum absolute atomic E-state index is 13.1. The molecule has 0 saturated heterocycles. The van der Waals surface area contributed by atoms with Crippen LogP contribution >= 0.6 is 11.3 Å². The standard InChI is InChI=1S/C22H18N2O3S/c1-27-22(26)16-9-5-6-10-17(16)23-21(25)19-13-20-18(11-12-28-20)24(19)14-15-7-3-2-4-8-15/h2-13H,14H2,1H3,(H,23,25). The highest BCUT2D eigenvalue weighted by Crippen LogP contribution is 2.27. The number of aromatic nitrogens is 1. The Bertz CT molecular complexity index is 1150. The number of anilines is 1. The minimum atomic E-state index is -0.489. The van der Waals surface area contributed by atoms with E-state index in [1.165, 1.54) is 7.11 Å². The first kappa shape index (κ1) is 18.0. The minimum Gasteiger partial charge on any atom is -0.465 e. The molecule has 0 fully saturated rings. The van der Waals surface area contributed by atoms with Gasteiger partial charge in [-0.2, -0.15) is 0 Å². The van der Waals surface area contributed by atoms with Crippen LogP contribution in [0.3, 0.4) is 0 Å². The molecular formula is C22H18N2O3S. The molecule has 0 atom stereocenters. The van der Waals surface area contributed by atoms with Crippen molar-refractivity contribution in [1.29, 1.82) is 0 Å². The Morgan fingerprint density at radius 2 is 1.79 bits per heavy atom. The predicted molar refractivity (Wildman–Crippen MR) is 111 cm³/mol. The topological polar surface area (TPSA) is 60.3 Å². The van der Waals surface area contributed by atoms with Gasteiger partial charge in [-0.15, -0.1) is 11.3 Å².